The van der Waals surface area contributed by atoms with Gasteiger partial charge in [0.1, 0.15) is 29.5 Å². The number of imide groups is 1. The van der Waals surface area contributed by atoms with Crippen molar-refractivity contribution in [1.82, 2.24) is 30.0 Å². The maximum Gasteiger partial charge on any atom is 0.254 e. The highest BCUT2D eigenvalue weighted by Gasteiger charge is 2.33. The minimum Gasteiger partial charge on any atom is -0.457 e. The van der Waals surface area contributed by atoms with E-state index in [9.17, 15) is 19.2 Å². The van der Waals surface area contributed by atoms with Crippen LogP contribution in [0.3, 0.4) is 0 Å². The molecule has 3 aromatic carbocycles. The summed E-state index contributed by atoms with van der Waals surface area (Å²) >= 11 is 0. The summed E-state index contributed by atoms with van der Waals surface area (Å²) in [5.41, 5.74) is 9.47. The average molecular weight is 843 g/mol. The Labute approximate surface area is 363 Å². The van der Waals surface area contributed by atoms with Crippen molar-refractivity contribution in [3.63, 3.8) is 0 Å². The summed E-state index contributed by atoms with van der Waals surface area (Å²) in [5.74, 6) is 2.23. The fourth-order valence-corrected chi connectivity index (χ4v) is 8.93. The molecule has 3 aliphatic rings. The summed E-state index contributed by atoms with van der Waals surface area (Å²) in [7, 11) is 1.66. The normalized spacial score (nSPS) is 18.2. The molecule has 0 radical (unpaired) electrons. The van der Waals surface area contributed by atoms with E-state index in [0.717, 1.165) is 89.2 Å². The van der Waals surface area contributed by atoms with Crippen LogP contribution < -0.4 is 26.0 Å². The SMILES string of the molecule is CC(CCC(=O)NC=O)N(C)C(=O)c1ccc(N2CCC(CN3CC[C@H](N4CCC(Nc5ncnc(N)c5C(=N)c5ccc(Oc6ccccc6)cc5)CC4)C3)CC2)cc1C=O. The van der Waals surface area contributed by atoms with Gasteiger partial charge in [-0.15, -0.1) is 0 Å². The molecular formula is C47H58N10O5. The van der Waals surface area contributed by atoms with Gasteiger partial charge in [0, 0.05) is 87.7 Å². The number of nitrogen functional groups attached to an aromatic ring is 1. The molecule has 7 rings (SSSR count). The third-order valence-electron chi connectivity index (χ3n) is 12.8. The summed E-state index contributed by atoms with van der Waals surface area (Å²) in [6.07, 6.45) is 8.29. The van der Waals surface area contributed by atoms with Crippen molar-refractivity contribution in [3.8, 4) is 11.5 Å². The highest BCUT2D eigenvalue weighted by molar-refractivity contribution is 6.16. The lowest BCUT2D eigenvalue weighted by Gasteiger charge is -2.37. The quantitative estimate of drug-likeness (QED) is 0.0778. The van der Waals surface area contributed by atoms with Gasteiger partial charge in [-0.25, -0.2) is 9.97 Å². The Balaban J connectivity index is 0.849. The Hall–Kier alpha value is -6.19. The molecule has 0 bridgehead atoms. The number of aldehydes is 1. The number of benzene rings is 3. The Bertz CT molecular complexity index is 2190. The second kappa shape index (κ2) is 20.6. The van der Waals surface area contributed by atoms with Crippen molar-refractivity contribution in [2.45, 2.75) is 70.0 Å². The number of likely N-dealkylation sites (tertiary alicyclic amines) is 2. The molecule has 15 heteroatoms. The molecule has 5 N–H and O–H groups in total. The number of carbonyl (C=O) groups excluding carboxylic acids is 4. The molecule has 15 nitrogen and oxygen atoms in total. The topological polar surface area (TPSA) is 190 Å². The molecule has 326 valence electrons. The third kappa shape index (κ3) is 10.8. The molecule has 0 spiro atoms. The summed E-state index contributed by atoms with van der Waals surface area (Å²) in [4.78, 5) is 65.6. The second-order valence-electron chi connectivity index (χ2n) is 16.8. The predicted molar refractivity (Wildman–Crippen MR) is 240 cm³/mol. The van der Waals surface area contributed by atoms with E-state index in [1.807, 2.05) is 73.7 Å². The minimum absolute atomic E-state index is 0.117. The second-order valence-corrected chi connectivity index (χ2v) is 16.8. The number of carbonyl (C=O) groups is 4. The van der Waals surface area contributed by atoms with Gasteiger partial charge in [-0.2, -0.15) is 0 Å². The van der Waals surface area contributed by atoms with Gasteiger partial charge in [0.25, 0.3) is 5.91 Å². The van der Waals surface area contributed by atoms with Crippen LogP contribution in [-0.2, 0) is 9.59 Å². The molecule has 3 amide bonds. The summed E-state index contributed by atoms with van der Waals surface area (Å²) in [6.45, 7) is 8.88. The van der Waals surface area contributed by atoms with Crippen molar-refractivity contribution in [2.24, 2.45) is 5.92 Å². The van der Waals surface area contributed by atoms with Crippen molar-refractivity contribution < 1.29 is 23.9 Å². The number of para-hydroxylation sites is 1. The molecule has 4 heterocycles. The number of hydrogen-bond acceptors (Lipinski definition) is 13. The number of ether oxygens (including phenoxy) is 1. The van der Waals surface area contributed by atoms with Gasteiger partial charge in [0.2, 0.25) is 12.3 Å². The van der Waals surface area contributed by atoms with Crippen molar-refractivity contribution in [2.75, 3.05) is 68.8 Å². The van der Waals surface area contributed by atoms with Crippen LogP contribution in [0.5, 0.6) is 11.5 Å². The molecule has 4 aromatic rings. The van der Waals surface area contributed by atoms with Crippen LogP contribution in [0.1, 0.15) is 83.7 Å². The number of anilines is 3. The monoisotopic (exact) mass is 842 g/mol. The van der Waals surface area contributed by atoms with Crippen LogP contribution in [-0.4, -0.2) is 126 Å². The van der Waals surface area contributed by atoms with Crippen molar-refractivity contribution in [3.05, 3.63) is 101 Å². The Kier molecular flexibility index (Phi) is 14.6. The molecule has 0 aliphatic carbocycles. The van der Waals surface area contributed by atoms with Gasteiger partial charge in [-0.3, -0.25) is 34.8 Å². The summed E-state index contributed by atoms with van der Waals surface area (Å²) in [6, 6.07) is 23.0. The van der Waals surface area contributed by atoms with E-state index < -0.39 is 5.91 Å². The maximum atomic E-state index is 13.3. The first-order chi connectivity index (χ1) is 30.1. The van der Waals surface area contributed by atoms with Gasteiger partial charge in [-0.05, 0) is 113 Å². The van der Waals surface area contributed by atoms with E-state index in [2.05, 4.69) is 35.3 Å². The van der Waals surface area contributed by atoms with E-state index >= 15 is 0 Å². The molecule has 3 aliphatic heterocycles. The van der Waals surface area contributed by atoms with Gasteiger partial charge in [0.05, 0.1) is 16.8 Å². The van der Waals surface area contributed by atoms with E-state index in [4.69, 9.17) is 15.9 Å². The lowest BCUT2D eigenvalue weighted by atomic mass is 9.95. The van der Waals surface area contributed by atoms with Crippen LogP contribution in [0, 0.1) is 11.3 Å². The number of nitrogens with two attached hydrogens (primary N) is 1. The van der Waals surface area contributed by atoms with Crippen LogP contribution in [0.15, 0.2) is 79.1 Å². The zero-order chi connectivity index (χ0) is 43.6. The number of aromatic nitrogens is 2. The van der Waals surface area contributed by atoms with E-state index in [-0.39, 0.29) is 35.9 Å². The maximum absolute atomic E-state index is 13.3. The zero-order valence-electron chi connectivity index (χ0n) is 35.7. The average Bonchev–Trinajstić information content (AvgIpc) is 3.77. The molecule has 1 aromatic heterocycles. The summed E-state index contributed by atoms with van der Waals surface area (Å²) in [5, 5.41) is 14.8. The van der Waals surface area contributed by atoms with Crippen molar-refractivity contribution in [1.29, 1.82) is 5.41 Å². The lowest BCUT2D eigenvalue weighted by Crippen LogP contribution is -2.46. The predicted octanol–water partition coefficient (Wildman–Crippen LogP) is 5.46. The molecule has 0 saturated carbocycles. The highest BCUT2D eigenvalue weighted by atomic mass is 16.5. The molecule has 62 heavy (non-hydrogen) atoms. The number of hydrogen-bond donors (Lipinski definition) is 4. The van der Waals surface area contributed by atoms with Gasteiger partial charge < -0.3 is 30.5 Å². The number of piperidine rings is 2. The summed E-state index contributed by atoms with van der Waals surface area (Å²) < 4.78 is 5.94. The van der Waals surface area contributed by atoms with Gasteiger partial charge in [0.15, 0.2) is 6.29 Å². The minimum atomic E-state index is -0.392. The number of nitrogens with zero attached hydrogens (tertiary/aromatic N) is 6. The van der Waals surface area contributed by atoms with E-state index in [1.165, 1.54) is 17.6 Å². The Morgan fingerprint density at radius 3 is 2.37 bits per heavy atom. The fraction of sp³-hybridized carbons (Fsp3) is 0.426. The highest BCUT2D eigenvalue weighted by Crippen LogP contribution is 2.30. The fourth-order valence-electron chi connectivity index (χ4n) is 8.93. The van der Waals surface area contributed by atoms with E-state index in [0.29, 0.717) is 58.6 Å². The number of rotatable bonds is 17. The molecule has 3 fully saturated rings. The van der Waals surface area contributed by atoms with Gasteiger partial charge >= 0.3 is 0 Å². The van der Waals surface area contributed by atoms with Crippen molar-refractivity contribution >= 4 is 47.5 Å². The smallest absolute Gasteiger partial charge is 0.254 e. The molecule has 1 unspecified atom stereocenters. The molecule has 2 atom stereocenters. The van der Waals surface area contributed by atoms with Crippen LogP contribution >= 0.6 is 0 Å². The zero-order valence-corrected chi connectivity index (χ0v) is 35.7. The third-order valence-corrected chi connectivity index (χ3v) is 12.8. The first-order valence-corrected chi connectivity index (χ1v) is 21.7. The van der Waals surface area contributed by atoms with E-state index in [1.54, 1.807) is 13.1 Å². The Morgan fingerprint density at radius 2 is 1.66 bits per heavy atom. The standard InChI is InChI=1S/C47H58N10O5/c1-32(8-15-42(60)52-31-59)54(2)47(61)41-14-11-37(26-35(41)29-58)56-22-16-33(17-23-56)27-55-21-20-38(28-55)57-24-18-36(19-25-57)53-46-43(45(49)50-30-51-46)44(48)34-9-12-40(13-10-34)62-39-6-4-3-5-7-39/h3-7,9-14,26,29-33,36,38,48H,8,15-25,27-28H2,1-2H3,(H,52,59,60)(H3,49,50,51,53)/t32?,38-/m0/s1. The van der Waals surface area contributed by atoms with Crippen LogP contribution in [0.4, 0.5) is 17.3 Å². The largest absolute Gasteiger partial charge is 0.457 e. The Morgan fingerprint density at radius 1 is 0.935 bits per heavy atom. The van der Waals surface area contributed by atoms with Crippen LogP contribution in [0.2, 0.25) is 0 Å². The van der Waals surface area contributed by atoms with Gasteiger partial charge in [-0.1, -0.05) is 18.2 Å². The first kappa shape index (κ1) is 43.9. The molecule has 3 saturated heterocycles. The number of amides is 3. The number of nitrogens with one attached hydrogen (secondary N) is 3. The first-order valence-electron chi connectivity index (χ1n) is 21.7. The molecular weight excluding hydrogens is 785 g/mol. The van der Waals surface area contributed by atoms with Crippen LogP contribution in [0.25, 0.3) is 0 Å². The lowest BCUT2D eigenvalue weighted by molar-refractivity contribution is -0.125.